The molecule has 1 radical (unpaired) electrons. The van der Waals surface area contributed by atoms with E-state index in [1.165, 1.54) is 4.58 Å². The zero-order valence-corrected chi connectivity index (χ0v) is 6.95. The van der Waals surface area contributed by atoms with E-state index in [2.05, 4.69) is 11.8 Å². The highest BCUT2D eigenvalue weighted by molar-refractivity contribution is 8.20. The van der Waals surface area contributed by atoms with Gasteiger partial charge in [-0.25, -0.2) is 0 Å². The number of hydrogen-bond donors (Lipinski definition) is 0. The van der Waals surface area contributed by atoms with Crippen LogP contribution in [0.2, 0.25) is 0 Å². The number of hydrogen-bond acceptors (Lipinski definition) is 2. The maximum absolute atomic E-state index is 2.97. The molecule has 0 amide bonds. The summed E-state index contributed by atoms with van der Waals surface area (Å²) >= 11 is 3.40. The van der Waals surface area contributed by atoms with E-state index < -0.39 is 0 Å². The number of rotatable bonds is 2. The Bertz CT molecular complexity index is 94.8. The standard InChI is InChI=1S/C6H9S2/c1-4-5-6(7-2)8-3/h1-3H3. The first kappa shape index (κ1) is 8.26. The fourth-order valence-corrected chi connectivity index (χ4v) is 1.36. The van der Waals surface area contributed by atoms with Crippen LogP contribution in [-0.2, 0) is 0 Å². The Hall–Kier alpha value is 0.260. The monoisotopic (exact) mass is 145 g/mol. The van der Waals surface area contributed by atoms with Gasteiger partial charge in [-0.05, 0) is 19.4 Å². The van der Waals surface area contributed by atoms with Gasteiger partial charge in [0.05, 0.1) is 0 Å². The Labute approximate surface area is 59.8 Å². The van der Waals surface area contributed by atoms with Crippen molar-refractivity contribution in [1.29, 1.82) is 0 Å². The largest absolute Gasteiger partial charge is 0.156 e. The highest BCUT2D eigenvalue weighted by Gasteiger charge is 1.97. The first-order valence-corrected chi connectivity index (χ1v) is 4.67. The van der Waals surface area contributed by atoms with Crippen LogP contribution in [0.25, 0.3) is 0 Å². The molecule has 0 saturated carbocycles. The van der Waals surface area contributed by atoms with Crippen molar-refractivity contribution in [3.8, 4) is 11.8 Å². The van der Waals surface area contributed by atoms with Crippen molar-refractivity contribution >= 4 is 23.5 Å². The third-order valence-electron chi connectivity index (χ3n) is 0.598. The summed E-state index contributed by atoms with van der Waals surface area (Å²) in [7, 11) is 0. The lowest BCUT2D eigenvalue weighted by molar-refractivity contribution is 1.89. The molecule has 0 aromatic rings. The van der Waals surface area contributed by atoms with Gasteiger partial charge in [-0.3, -0.25) is 0 Å². The second-order valence-electron chi connectivity index (χ2n) is 1.07. The molecule has 0 fully saturated rings. The predicted molar refractivity (Wildman–Crippen MR) is 43.7 cm³/mol. The van der Waals surface area contributed by atoms with Crippen molar-refractivity contribution in [3.63, 3.8) is 0 Å². The Morgan fingerprint density at radius 2 is 1.75 bits per heavy atom. The topological polar surface area (TPSA) is 0 Å². The Morgan fingerprint density at radius 3 is 1.88 bits per heavy atom. The third kappa shape index (κ3) is 3.29. The molecule has 0 aliphatic rings. The smallest absolute Gasteiger partial charge is 0.132 e. The lowest BCUT2D eigenvalue weighted by Gasteiger charge is -1.96. The molecule has 0 aromatic carbocycles. The molecule has 0 spiro atoms. The van der Waals surface area contributed by atoms with E-state index in [-0.39, 0.29) is 0 Å². The van der Waals surface area contributed by atoms with Crippen LogP contribution in [0.4, 0.5) is 0 Å². The summed E-state index contributed by atoms with van der Waals surface area (Å²) in [6.07, 6.45) is 4.08. The molecule has 0 aliphatic heterocycles. The molecular formula is C6H9S2. The van der Waals surface area contributed by atoms with E-state index >= 15 is 0 Å². The molecule has 0 N–H and O–H groups in total. The van der Waals surface area contributed by atoms with Crippen LogP contribution in [0.1, 0.15) is 6.92 Å². The van der Waals surface area contributed by atoms with Gasteiger partial charge in [-0.15, -0.1) is 29.4 Å². The molecule has 8 heavy (non-hydrogen) atoms. The Balaban J connectivity index is 3.47. The SMILES string of the molecule is CC#C[C](SC)SC. The van der Waals surface area contributed by atoms with E-state index in [0.717, 1.165) is 0 Å². The van der Waals surface area contributed by atoms with Gasteiger partial charge >= 0.3 is 0 Å². The van der Waals surface area contributed by atoms with Crippen molar-refractivity contribution < 1.29 is 0 Å². The quantitative estimate of drug-likeness (QED) is 0.546. The number of thioether (sulfide) groups is 2. The molecule has 0 saturated heterocycles. The second kappa shape index (κ2) is 5.40. The van der Waals surface area contributed by atoms with Gasteiger partial charge in [0.25, 0.3) is 0 Å². The second-order valence-corrected chi connectivity index (χ2v) is 2.96. The van der Waals surface area contributed by atoms with Crippen LogP contribution in [0, 0.1) is 16.4 Å². The fourth-order valence-electron chi connectivity index (χ4n) is 0.287. The van der Waals surface area contributed by atoms with Gasteiger partial charge < -0.3 is 0 Å². The summed E-state index contributed by atoms with van der Waals surface area (Å²) in [4.78, 5) is 0. The van der Waals surface area contributed by atoms with E-state index in [4.69, 9.17) is 0 Å². The van der Waals surface area contributed by atoms with Crippen LogP contribution in [-0.4, -0.2) is 12.5 Å². The minimum Gasteiger partial charge on any atom is -0.132 e. The maximum atomic E-state index is 2.97. The molecule has 0 nitrogen and oxygen atoms in total. The molecule has 0 bridgehead atoms. The average Bonchev–Trinajstić information content (AvgIpc) is 1.83. The van der Waals surface area contributed by atoms with Crippen molar-refractivity contribution in [1.82, 2.24) is 0 Å². The minimum atomic E-state index is 1.19. The van der Waals surface area contributed by atoms with Gasteiger partial charge in [0.15, 0.2) is 4.58 Å². The molecular weight excluding hydrogens is 136 g/mol. The highest BCUT2D eigenvalue weighted by atomic mass is 32.2. The first-order valence-electron chi connectivity index (χ1n) is 2.22. The van der Waals surface area contributed by atoms with E-state index in [1.54, 1.807) is 23.5 Å². The normalized spacial score (nSPS) is 8.50. The van der Waals surface area contributed by atoms with E-state index in [9.17, 15) is 0 Å². The lowest BCUT2D eigenvalue weighted by Crippen LogP contribution is -1.74. The predicted octanol–water partition coefficient (Wildman–Crippen LogP) is 2.23. The van der Waals surface area contributed by atoms with E-state index in [0.29, 0.717) is 0 Å². The summed E-state index contributed by atoms with van der Waals surface area (Å²) in [6, 6.07) is 0. The summed E-state index contributed by atoms with van der Waals surface area (Å²) in [5.74, 6) is 5.82. The van der Waals surface area contributed by atoms with Gasteiger partial charge in [0, 0.05) is 0 Å². The lowest BCUT2D eigenvalue weighted by atomic mass is 10.7. The first-order chi connectivity index (χ1) is 3.85. The van der Waals surface area contributed by atoms with E-state index in [1.807, 2.05) is 19.4 Å². The van der Waals surface area contributed by atoms with Crippen LogP contribution in [0.3, 0.4) is 0 Å². The van der Waals surface area contributed by atoms with Crippen LogP contribution in [0.15, 0.2) is 0 Å². The molecule has 2 heteroatoms. The van der Waals surface area contributed by atoms with Gasteiger partial charge in [-0.1, -0.05) is 5.92 Å². The molecule has 0 unspecified atom stereocenters. The van der Waals surface area contributed by atoms with Gasteiger partial charge in [0.1, 0.15) is 0 Å². The third-order valence-corrected chi connectivity index (χ3v) is 2.54. The van der Waals surface area contributed by atoms with Crippen molar-refractivity contribution in [2.24, 2.45) is 0 Å². The molecule has 0 rings (SSSR count). The summed E-state index contributed by atoms with van der Waals surface area (Å²) in [5, 5.41) is 0. The van der Waals surface area contributed by atoms with Crippen LogP contribution >= 0.6 is 23.5 Å². The summed E-state index contributed by atoms with van der Waals surface area (Å²) in [6.45, 7) is 1.85. The highest BCUT2D eigenvalue weighted by Crippen LogP contribution is 2.25. The minimum absolute atomic E-state index is 1.19. The summed E-state index contributed by atoms with van der Waals surface area (Å²) < 4.78 is 1.19. The summed E-state index contributed by atoms with van der Waals surface area (Å²) in [5.41, 5.74) is 0. The molecule has 0 aromatic heterocycles. The molecule has 0 aliphatic carbocycles. The zero-order valence-electron chi connectivity index (χ0n) is 5.32. The van der Waals surface area contributed by atoms with Crippen LogP contribution in [0.5, 0.6) is 0 Å². The zero-order chi connectivity index (χ0) is 6.41. The van der Waals surface area contributed by atoms with Gasteiger partial charge in [-0.2, -0.15) is 0 Å². The Morgan fingerprint density at radius 1 is 1.25 bits per heavy atom. The maximum Gasteiger partial charge on any atom is 0.156 e. The van der Waals surface area contributed by atoms with Crippen molar-refractivity contribution in [2.75, 3.05) is 12.5 Å². The molecule has 0 heterocycles. The Kier molecular flexibility index (Phi) is 5.57. The van der Waals surface area contributed by atoms with Crippen molar-refractivity contribution in [3.05, 3.63) is 4.58 Å². The fraction of sp³-hybridized carbons (Fsp3) is 0.500. The molecule has 45 valence electrons. The average molecular weight is 145 g/mol. The molecule has 0 atom stereocenters. The van der Waals surface area contributed by atoms with Gasteiger partial charge in [0.2, 0.25) is 0 Å². The van der Waals surface area contributed by atoms with Crippen molar-refractivity contribution in [2.45, 2.75) is 6.92 Å². The van der Waals surface area contributed by atoms with Crippen LogP contribution < -0.4 is 0 Å².